The third-order valence-electron chi connectivity index (χ3n) is 3.91. The summed E-state index contributed by atoms with van der Waals surface area (Å²) in [5.74, 6) is 0. The van der Waals surface area contributed by atoms with Gasteiger partial charge in [0.05, 0.1) is 0 Å². The summed E-state index contributed by atoms with van der Waals surface area (Å²) in [6, 6.07) is 0. The van der Waals surface area contributed by atoms with Crippen LogP contribution < -0.4 is 0 Å². The zero-order valence-electron chi connectivity index (χ0n) is 11.3. The summed E-state index contributed by atoms with van der Waals surface area (Å²) in [5, 5.41) is 0. The highest BCUT2D eigenvalue weighted by Crippen LogP contribution is 2.61. The van der Waals surface area contributed by atoms with Gasteiger partial charge in [-0.25, -0.2) is 0 Å². The molecule has 0 spiro atoms. The molecular formula is C14H30P2. The van der Waals surface area contributed by atoms with Crippen LogP contribution in [0.15, 0.2) is 0 Å². The molecule has 0 amide bonds. The highest BCUT2D eigenvalue weighted by Gasteiger charge is 2.34. The predicted molar refractivity (Wildman–Crippen MR) is 82.0 cm³/mol. The van der Waals surface area contributed by atoms with Crippen molar-refractivity contribution < 1.29 is 0 Å². The summed E-state index contributed by atoms with van der Waals surface area (Å²) in [5.41, 5.74) is 0. The van der Waals surface area contributed by atoms with Crippen molar-refractivity contribution in [2.45, 2.75) is 76.5 Å². The Kier molecular flexibility index (Phi) is 7.50. The summed E-state index contributed by atoms with van der Waals surface area (Å²) in [6.45, 7) is 4.67. The second-order valence-electron chi connectivity index (χ2n) is 5.36. The molecular weight excluding hydrogens is 230 g/mol. The molecule has 0 saturated heterocycles. The van der Waals surface area contributed by atoms with E-state index < -0.39 is 0 Å². The van der Waals surface area contributed by atoms with Crippen molar-refractivity contribution in [3.63, 3.8) is 0 Å². The van der Waals surface area contributed by atoms with Gasteiger partial charge in [0.15, 0.2) is 0 Å². The van der Waals surface area contributed by atoms with Crippen LogP contribution in [0.2, 0.25) is 0 Å². The maximum atomic E-state index is 3.30. The molecule has 0 nitrogen and oxygen atoms in total. The lowest BCUT2D eigenvalue weighted by molar-refractivity contribution is 0.483. The molecule has 1 aliphatic rings. The molecule has 0 aliphatic heterocycles. The van der Waals surface area contributed by atoms with Crippen molar-refractivity contribution in [2.24, 2.45) is 0 Å². The van der Waals surface area contributed by atoms with Gasteiger partial charge in [0.2, 0.25) is 0 Å². The minimum Gasteiger partial charge on any atom is -0.126 e. The molecule has 1 aliphatic carbocycles. The van der Waals surface area contributed by atoms with Crippen LogP contribution in [-0.2, 0) is 0 Å². The summed E-state index contributed by atoms with van der Waals surface area (Å²) in [4.78, 5) is 0.678. The van der Waals surface area contributed by atoms with Crippen LogP contribution >= 0.6 is 17.2 Å². The Morgan fingerprint density at radius 3 is 1.88 bits per heavy atom. The lowest BCUT2D eigenvalue weighted by Gasteiger charge is -2.41. The SMILES string of the molecule is CCCCP(CCCC)C1(P)CCCCC1. The Morgan fingerprint density at radius 1 is 0.938 bits per heavy atom. The van der Waals surface area contributed by atoms with Crippen LogP contribution in [0.5, 0.6) is 0 Å². The molecule has 1 fully saturated rings. The van der Waals surface area contributed by atoms with Crippen LogP contribution in [-0.4, -0.2) is 17.2 Å². The van der Waals surface area contributed by atoms with E-state index >= 15 is 0 Å². The van der Waals surface area contributed by atoms with Gasteiger partial charge >= 0.3 is 0 Å². The van der Waals surface area contributed by atoms with Gasteiger partial charge in [-0.1, -0.05) is 53.9 Å². The summed E-state index contributed by atoms with van der Waals surface area (Å²) in [7, 11) is 3.59. The zero-order valence-corrected chi connectivity index (χ0v) is 13.4. The predicted octanol–water partition coefficient (Wildman–Crippen LogP) is 5.60. The molecule has 1 unspecified atom stereocenters. The van der Waals surface area contributed by atoms with Crippen LogP contribution in [0, 0.1) is 0 Å². The molecule has 0 N–H and O–H groups in total. The molecule has 0 heterocycles. The standard InChI is InChI=1S/C14H30P2/c1-3-5-12-16(13-6-4-2)14(15)10-8-7-9-11-14/h3-13,15H2,1-2H3. The normalized spacial score (nSPS) is 20.2. The maximum Gasteiger partial charge on any atom is 0.00493 e. The van der Waals surface area contributed by atoms with E-state index in [4.69, 9.17) is 0 Å². The van der Waals surface area contributed by atoms with Crippen molar-refractivity contribution in [1.82, 2.24) is 0 Å². The van der Waals surface area contributed by atoms with E-state index in [1.54, 1.807) is 0 Å². The zero-order chi connectivity index (χ0) is 11.9. The Bertz CT molecular complexity index is 166. The summed E-state index contributed by atoms with van der Waals surface area (Å²) in [6.07, 6.45) is 16.2. The molecule has 16 heavy (non-hydrogen) atoms. The third kappa shape index (κ3) is 4.62. The van der Waals surface area contributed by atoms with Crippen molar-refractivity contribution in [3.05, 3.63) is 0 Å². The lowest BCUT2D eigenvalue weighted by atomic mass is 9.99. The maximum absolute atomic E-state index is 3.30. The molecule has 0 aromatic carbocycles. The van der Waals surface area contributed by atoms with Gasteiger partial charge in [0.1, 0.15) is 0 Å². The number of unbranched alkanes of at least 4 members (excludes halogenated alkanes) is 2. The number of hydrogen-bond donors (Lipinski definition) is 0. The average molecular weight is 260 g/mol. The van der Waals surface area contributed by atoms with Crippen molar-refractivity contribution in [3.8, 4) is 0 Å². The first-order valence-corrected chi connectivity index (χ1v) is 9.56. The minimum absolute atomic E-state index is 0.290. The van der Waals surface area contributed by atoms with Crippen molar-refractivity contribution >= 4 is 17.2 Å². The van der Waals surface area contributed by atoms with Gasteiger partial charge in [-0.15, -0.1) is 9.24 Å². The molecule has 0 aromatic rings. The van der Waals surface area contributed by atoms with Gasteiger partial charge in [-0.3, -0.25) is 0 Å². The highest BCUT2D eigenvalue weighted by molar-refractivity contribution is 7.66. The minimum atomic E-state index is 0.290. The second-order valence-corrected chi connectivity index (χ2v) is 9.81. The fraction of sp³-hybridized carbons (Fsp3) is 1.00. The van der Waals surface area contributed by atoms with Crippen molar-refractivity contribution in [2.75, 3.05) is 12.3 Å². The Balaban J connectivity index is 2.50. The van der Waals surface area contributed by atoms with E-state index in [1.807, 2.05) is 0 Å². The first kappa shape index (κ1) is 14.9. The van der Waals surface area contributed by atoms with Crippen LogP contribution in [0.25, 0.3) is 0 Å². The quantitative estimate of drug-likeness (QED) is 0.522. The van der Waals surface area contributed by atoms with Gasteiger partial charge in [-0.2, -0.15) is 0 Å². The topological polar surface area (TPSA) is 0 Å². The molecule has 96 valence electrons. The third-order valence-corrected chi connectivity index (χ3v) is 9.00. The van der Waals surface area contributed by atoms with Gasteiger partial charge in [-0.05, 0) is 38.0 Å². The Hall–Kier alpha value is 0.860. The fourth-order valence-electron chi connectivity index (χ4n) is 2.74. The van der Waals surface area contributed by atoms with E-state index in [1.165, 1.54) is 70.1 Å². The molecule has 0 radical (unpaired) electrons. The molecule has 1 atom stereocenters. The molecule has 0 aromatic heterocycles. The lowest BCUT2D eigenvalue weighted by Crippen LogP contribution is -2.24. The molecule has 1 saturated carbocycles. The number of rotatable bonds is 7. The summed E-state index contributed by atoms with van der Waals surface area (Å²) >= 11 is 0. The van der Waals surface area contributed by atoms with E-state index in [9.17, 15) is 0 Å². The Labute approximate surface area is 106 Å². The monoisotopic (exact) mass is 260 g/mol. The molecule has 2 heteroatoms. The molecule has 0 bridgehead atoms. The number of hydrogen-bond acceptors (Lipinski definition) is 0. The van der Waals surface area contributed by atoms with Gasteiger partial charge < -0.3 is 0 Å². The average Bonchev–Trinajstić information content (AvgIpc) is 2.30. The highest BCUT2D eigenvalue weighted by atomic mass is 31.2. The van der Waals surface area contributed by atoms with Crippen molar-refractivity contribution in [1.29, 1.82) is 0 Å². The first-order valence-electron chi connectivity index (χ1n) is 7.27. The van der Waals surface area contributed by atoms with E-state index in [0.29, 0.717) is 12.8 Å². The van der Waals surface area contributed by atoms with Gasteiger partial charge in [0, 0.05) is 4.90 Å². The molecule has 1 rings (SSSR count). The largest absolute Gasteiger partial charge is 0.126 e. The van der Waals surface area contributed by atoms with Crippen LogP contribution in [0.4, 0.5) is 0 Å². The first-order chi connectivity index (χ1) is 7.73. The van der Waals surface area contributed by atoms with E-state index in [0.717, 1.165) is 0 Å². The van der Waals surface area contributed by atoms with E-state index in [-0.39, 0.29) is 0 Å². The van der Waals surface area contributed by atoms with E-state index in [2.05, 4.69) is 23.1 Å². The summed E-state index contributed by atoms with van der Waals surface area (Å²) < 4.78 is 0. The van der Waals surface area contributed by atoms with Crippen LogP contribution in [0.1, 0.15) is 71.6 Å². The van der Waals surface area contributed by atoms with Crippen LogP contribution in [0.3, 0.4) is 0 Å². The fourth-order valence-corrected chi connectivity index (χ4v) is 7.38. The smallest absolute Gasteiger partial charge is 0.00493 e. The Morgan fingerprint density at radius 2 is 1.44 bits per heavy atom. The van der Waals surface area contributed by atoms with Gasteiger partial charge in [0.25, 0.3) is 0 Å². The second kappa shape index (κ2) is 8.05.